The van der Waals surface area contributed by atoms with Crippen molar-refractivity contribution in [3.05, 3.63) is 30.1 Å². The number of nitrogens with zero attached hydrogens (tertiary/aromatic N) is 4. The lowest BCUT2D eigenvalue weighted by Crippen LogP contribution is -2.54. The molecule has 1 aliphatic rings. The molecule has 19 heavy (non-hydrogen) atoms. The van der Waals surface area contributed by atoms with Gasteiger partial charge in [-0.15, -0.1) is 0 Å². The summed E-state index contributed by atoms with van der Waals surface area (Å²) in [5.74, 6) is 0.753. The van der Waals surface area contributed by atoms with Crippen LogP contribution in [0.2, 0.25) is 0 Å². The average molecular weight is 260 g/mol. The Morgan fingerprint density at radius 1 is 1.37 bits per heavy atom. The summed E-state index contributed by atoms with van der Waals surface area (Å²) in [6, 6.07) is 2.11. The van der Waals surface area contributed by atoms with Gasteiger partial charge in [-0.1, -0.05) is 6.58 Å². The van der Waals surface area contributed by atoms with Gasteiger partial charge >= 0.3 is 0 Å². The molecule has 1 amide bonds. The van der Waals surface area contributed by atoms with E-state index in [1.54, 1.807) is 0 Å². The number of rotatable bonds is 2. The lowest BCUT2D eigenvalue weighted by molar-refractivity contribution is -0.128. The van der Waals surface area contributed by atoms with Crippen LogP contribution in [0.5, 0.6) is 0 Å². The van der Waals surface area contributed by atoms with Gasteiger partial charge in [0.2, 0.25) is 11.9 Å². The maximum atomic E-state index is 11.7. The van der Waals surface area contributed by atoms with Crippen molar-refractivity contribution < 1.29 is 4.79 Å². The first-order chi connectivity index (χ1) is 9.01. The Hall–Kier alpha value is -1.91. The van der Waals surface area contributed by atoms with Crippen molar-refractivity contribution in [1.82, 2.24) is 14.9 Å². The van der Waals surface area contributed by atoms with Gasteiger partial charge in [-0.3, -0.25) is 4.79 Å². The molecule has 2 heterocycles. The van der Waals surface area contributed by atoms with Gasteiger partial charge in [0.25, 0.3) is 0 Å². The molecule has 5 nitrogen and oxygen atoms in total. The highest BCUT2D eigenvalue weighted by Gasteiger charge is 2.27. The zero-order valence-corrected chi connectivity index (χ0v) is 11.8. The number of hydrogen-bond donors (Lipinski definition) is 0. The van der Waals surface area contributed by atoms with Crippen LogP contribution < -0.4 is 4.90 Å². The van der Waals surface area contributed by atoms with Crippen LogP contribution in [0.25, 0.3) is 0 Å². The summed E-state index contributed by atoms with van der Waals surface area (Å²) in [4.78, 5) is 24.6. The summed E-state index contributed by atoms with van der Waals surface area (Å²) < 4.78 is 0. The van der Waals surface area contributed by atoms with Crippen molar-refractivity contribution in [1.29, 1.82) is 0 Å². The third-order valence-corrected chi connectivity index (χ3v) is 3.34. The van der Waals surface area contributed by atoms with Gasteiger partial charge in [-0.05, 0) is 32.9 Å². The maximum absolute atomic E-state index is 11.7. The standard InChI is InChI=1S/C14H20N4O/c1-5-13(19)18-7-6-17(9-12(18)4)14-15-10(2)8-11(3)16-14/h5,8,12H,1,6-7,9H2,2-4H3/t12-/m1/s1. The van der Waals surface area contributed by atoms with E-state index in [1.165, 1.54) is 6.08 Å². The Morgan fingerprint density at radius 3 is 2.53 bits per heavy atom. The summed E-state index contributed by atoms with van der Waals surface area (Å²) in [6.45, 7) is 11.7. The fourth-order valence-corrected chi connectivity index (χ4v) is 2.43. The molecular weight excluding hydrogens is 240 g/mol. The van der Waals surface area contributed by atoms with E-state index in [2.05, 4.69) is 21.4 Å². The van der Waals surface area contributed by atoms with Gasteiger partial charge in [-0.25, -0.2) is 9.97 Å². The number of piperazine rings is 1. The molecule has 1 aromatic heterocycles. The second-order valence-electron chi connectivity index (χ2n) is 4.98. The normalized spacial score (nSPS) is 19.4. The molecule has 0 unspecified atom stereocenters. The van der Waals surface area contributed by atoms with Crippen LogP contribution in [-0.2, 0) is 4.79 Å². The summed E-state index contributed by atoms with van der Waals surface area (Å²) in [5, 5.41) is 0. The first-order valence-electron chi connectivity index (χ1n) is 6.51. The number of aromatic nitrogens is 2. The number of carbonyl (C=O) groups excluding carboxylic acids is 1. The zero-order valence-electron chi connectivity index (χ0n) is 11.8. The van der Waals surface area contributed by atoms with E-state index >= 15 is 0 Å². The summed E-state index contributed by atoms with van der Waals surface area (Å²) in [7, 11) is 0. The fraction of sp³-hybridized carbons (Fsp3) is 0.500. The van der Waals surface area contributed by atoms with Crippen molar-refractivity contribution in [3.8, 4) is 0 Å². The number of anilines is 1. The van der Waals surface area contributed by atoms with Crippen molar-refractivity contribution >= 4 is 11.9 Å². The van der Waals surface area contributed by atoms with Crippen LogP contribution in [0.15, 0.2) is 18.7 Å². The highest BCUT2D eigenvalue weighted by molar-refractivity contribution is 5.87. The molecule has 1 saturated heterocycles. The van der Waals surface area contributed by atoms with E-state index in [0.717, 1.165) is 30.4 Å². The Labute approximate surface area is 114 Å². The van der Waals surface area contributed by atoms with Crippen molar-refractivity contribution in [3.63, 3.8) is 0 Å². The summed E-state index contributed by atoms with van der Waals surface area (Å²) in [6.07, 6.45) is 1.37. The monoisotopic (exact) mass is 260 g/mol. The van der Waals surface area contributed by atoms with Crippen molar-refractivity contribution in [2.24, 2.45) is 0 Å². The largest absolute Gasteiger partial charge is 0.337 e. The summed E-state index contributed by atoms with van der Waals surface area (Å²) >= 11 is 0. The quantitative estimate of drug-likeness (QED) is 0.752. The number of carbonyl (C=O) groups is 1. The number of hydrogen-bond acceptors (Lipinski definition) is 4. The van der Waals surface area contributed by atoms with Crippen LogP contribution in [0.3, 0.4) is 0 Å². The van der Waals surface area contributed by atoms with E-state index in [-0.39, 0.29) is 11.9 Å². The van der Waals surface area contributed by atoms with E-state index in [0.29, 0.717) is 6.54 Å². The van der Waals surface area contributed by atoms with E-state index in [9.17, 15) is 4.79 Å². The minimum absolute atomic E-state index is 0.00603. The molecule has 0 spiro atoms. The van der Waals surface area contributed by atoms with E-state index < -0.39 is 0 Å². The lowest BCUT2D eigenvalue weighted by Gasteiger charge is -2.39. The lowest BCUT2D eigenvalue weighted by atomic mass is 10.2. The second-order valence-corrected chi connectivity index (χ2v) is 4.98. The van der Waals surface area contributed by atoms with Gasteiger partial charge in [0, 0.05) is 37.1 Å². The third-order valence-electron chi connectivity index (χ3n) is 3.34. The molecule has 102 valence electrons. The molecule has 5 heteroatoms. The molecular formula is C14H20N4O. The molecule has 1 aromatic rings. The van der Waals surface area contributed by atoms with Gasteiger partial charge in [-0.2, -0.15) is 0 Å². The Balaban J connectivity index is 2.13. The van der Waals surface area contributed by atoms with Crippen LogP contribution in [0, 0.1) is 13.8 Å². The smallest absolute Gasteiger partial charge is 0.246 e. The zero-order chi connectivity index (χ0) is 14.0. The van der Waals surface area contributed by atoms with Gasteiger partial charge in [0.15, 0.2) is 0 Å². The number of amides is 1. The Kier molecular flexibility index (Phi) is 3.83. The Bertz CT molecular complexity index is 480. The second kappa shape index (κ2) is 5.38. The molecule has 0 aliphatic carbocycles. The predicted molar refractivity (Wildman–Crippen MR) is 75.1 cm³/mol. The SMILES string of the molecule is C=CC(=O)N1CCN(c2nc(C)cc(C)n2)C[C@H]1C. The number of aryl methyl sites for hydroxylation is 2. The molecule has 1 fully saturated rings. The van der Waals surface area contributed by atoms with Crippen LogP contribution in [0.4, 0.5) is 5.95 Å². The fourth-order valence-electron chi connectivity index (χ4n) is 2.43. The minimum atomic E-state index is -0.00603. The molecule has 0 bridgehead atoms. The van der Waals surface area contributed by atoms with Crippen LogP contribution in [0.1, 0.15) is 18.3 Å². The molecule has 1 atom stereocenters. The van der Waals surface area contributed by atoms with Crippen LogP contribution >= 0.6 is 0 Å². The van der Waals surface area contributed by atoms with Crippen molar-refractivity contribution in [2.75, 3.05) is 24.5 Å². The molecule has 0 saturated carbocycles. The first kappa shape index (κ1) is 13.5. The highest BCUT2D eigenvalue weighted by Crippen LogP contribution is 2.16. The van der Waals surface area contributed by atoms with Crippen LogP contribution in [-0.4, -0.2) is 46.5 Å². The molecule has 0 N–H and O–H groups in total. The molecule has 2 rings (SSSR count). The molecule has 0 aromatic carbocycles. The van der Waals surface area contributed by atoms with Crippen molar-refractivity contribution in [2.45, 2.75) is 26.8 Å². The molecule has 0 radical (unpaired) electrons. The predicted octanol–water partition coefficient (Wildman–Crippen LogP) is 1.32. The van der Waals surface area contributed by atoms with E-state index in [4.69, 9.17) is 0 Å². The molecule has 1 aliphatic heterocycles. The average Bonchev–Trinajstić information content (AvgIpc) is 2.36. The highest BCUT2D eigenvalue weighted by atomic mass is 16.2. The van der Waals surface area contributed by atoms with Gasteiger partial charge < -0.3 is 9.80 Å². The maximum Gasteiger partial charge on any atom is 0.246 e. The minimum Gasteiger partial charge on any atom is -0.337 e. The topological polar surface area (TPSA) is 49.3 Å². The van der Waals surface area contributed by atoms with Gasteiger partial charge in [0.1, 0.15) is 0 Å². The first-order valence-corrected chi connectivity index (χ1v) is 6.51. The Morgan fingerprint density at radius 2 is 2.00 bits per heavy atom. The third kappa shape index (κ3) is 2.92. The summed E-state index contributed by atoms with van der Waals surface area (Å²) in [5.41, 5.74) is 1.94. The van der Waals surface area contributed by atoms with E-state index in [1.807, 2.05) is 31.7 Å². The van der Waals surface area contributed by atoms with Gasteiger partial charge in [0.05, 0.1) is 0 Å².